The second kappa shape index (κ2) is 10.1. The standard InChI is InChI=1S/C25H29N3O3S/c1-17(18-7-4-3-5-8-18)26-25(32)28(16-22-9-6-12-31-22)15-20-13-19-14-21(30-2)10-11-23(19)27-24(20)29/h3-5,7-8,10-11,13-14,17,22H,6,9,12,15-16H2,1-2H3,(H,26,32)(H,27,29)/t17-,22+/m1/s1. The lowest BCUT2D eigenvalue weighted by atomic mass is 10.1. The summed E-state index contributed by atoms with van der Waals surface area (Å²) < 4.78 is 11.2. The molecule has 168 valence electrons. The van der Waals surface area contributed by atoms with Gasteiger partial charge in [0.15, 0.2) is 5.11 Å². The number of pyridine rings is 1. The summed E-state index contributed by atoms with van der Waals surface area (Å²) in [7, 11) is 1.63. The maximum atomic E-state index is 12.8. The normalized spacial score (nSPS) is 16.6. The molecule has 0 radical (unpaired) electrons. The first kappa shape index (κ1) is 22.3. The van der Waals surface area contributed by atoms with Gasteiger partial charge in [-0.05, 0) is 61.8 Å². The topological polar surface area (TPSA) is 66.6 Å². The fraction of sp³-hybridized carbons (Fsp3) is 0.360. The van der Waals surface area contributed by atoms with Crippen LogP contribution in [0.25, 0.3) is 10.9 Å². The molecule has 0 spiro atoms. The van der Waals surface area contributed by atoms with E-state index in [-0.39, 0.29) is 17.7 Å². The van der Waals surface area contributed by atoms with Gasteiger partial charge in [-0.25, -0.2) is 0 Å². The van der Waals surface area contributed by atoms with E-state index in [2.05, 4.69) is 29.4 Å². The summed E-state index contributed by atoms with van der Waals surface area (Å²) in [5, 5.41) is 4.97. The number of aromatic nitrogens is 1. The van der Waals surface area contributed by atoms with Crippen LogP contribution in [-0.4, -0.2) is 41.4 Å². The van der Waals surface area contributed by atoms with Gasteiger partial charge in [0.1, 0.15) is 5.75 Å². The lowest BCUT2D eigenvalue weighted by molar-refractivity contribution is 0.0895. The van der Waals surface area contributed by atoms with Gasteiger partial charge in [-0.1, -0.05) is 30.3 Å². The van der Waals surface area contributed by atoms with Crippen LogP contribution >= 0.6 is 12.2 Å². The quantitative estimate of drug-likeness (QED) is 0.526. The molecule has 1 aliphatic rings. The molecule has 0 unspecified atom stereocenters. The Balaban J connectivity index is 1.58. The van der Waals surface area contributed by atoms with Gasteiger partial charge >= 0.3 is 0 Å². The minimum Gasteiger partial charge on any atom is -0.497 e. The van der Waals surface area contributed by atoms with E-state index in [0.29, 0.717) is 23.8 Å². The lowest BCUT2D eigenvalue weighted by Gasteiger charge is -2.30. The van der Waals surface area contributed by atoms with Gasteiger partial charge in [0.05, 0.1) is 25.8 Å². The minimum atomic E-state index is -0.112. The van der Waals surface area contributed by atoms with Crippen molar-refractivity contribution in [2.45, 2.75) is 38.5 Å². The molecule has 1 aromatic heterocycles. The summed E-state index contributed by atoms with van der Waals surface area (Å²) in [6, 6.07) is 17.8. The van der Waals surface area contributed by atoms with Gasteiger partial charge in [-0.2, -0.15) is 0 Å². The zero-order chi connectivity index (χ0) is 22.5. The Morgan fingerprint density at radius 3 is 2.81 bits per heavy atom. The van der Waals surface area contributed by atoms with Crippen LogP contribution in [-0.2, 0) is 11.3 Å². The molecule has 7 heteroatoms. The van der Waals surface area contributed by atoms with Gasteiger partial charge in [0.2, 0.25) is 0 Å². The molecule has 3 aromatic rings. The molecule has 2 N–H and O–H groups in total. The SMILES string of the molecule is COc1ccc2[nH]c(=O)c(CN(C[C@@H]3CCCO3)C(=S)N[C@H](C)c3ccccc3)cc2c1. The Morgan fingerprint density at radius 1 is 1.28 bits per heavy atom. The summed E-state index contributed by atoms with van der Waals surface area (Å²) in [5.41, 5.74) is 2.48. The third-order valence-electron chi connectivity index (χ3n) is 5.86. The van der Waals surface area contributed by atoms with E-state index >= 15 is 0 Å². The summed E-state index contributed by atoms with van der Waals surface area (Å²) in [6.07, 6.45) is 2.16. The number of nitrogens with zero attached hydrogens (tertiary/aromatic N) is 1. The molecule has 0 saturated carbocycles. The first-order chi connectivity index (χ1) is 15.5. The second-order valence-corrected chi connectivity index (χ2v) is 8.56. The van der Waals surface area contributed by atoms with Crippen LogP contribution in [0.4, 0.5) is 0 Å². The number of aromatic amines is 1. The van der Waals surface area contributed by atoms with Gasteiger partial charge in [-0.3, -0.25) is 4.79 Å². The smallest absolute Gasteiger partial charge is 0.253 e. The van der Waals surface area contributed by atoms with Gasteiger partial charge in [0.25, 0.3) is 5.56 Å². The molecular formula is C25H29N3O3S. The minimum absolute atomic E-state index is 0.0508. The molecule has 2 heterocycles. The summed E-state index contributed by atoms with van der Waals surface area (Å²) in [5.74, 6) is 0.751. The fourth-order valence-corrected chi connectivity index (χ4v) is 4.35. The monoisotopic (exact) mass is 451 g/mol. The summed E-state index contributed by atoms with van der Waals surface area (Å²) in [6.45, 7) is 3.90. The Morgan fingerprint density at radius 2 is 2.09 bits per heavy atom. The molecule has 0 aliphatic carbocycles. The number of thiocarbonyl (C=S) groups is 1. The van der Waals surface area contributed by atoms with Crippen molar-refractivity contribution in [3.8, 4) is 5.75 Å². The molecular weight excluding hydrogens is 422 g/mol. The Labute approximate surface area is 193 Å². The second-order valence-electron chi connectivity index (χ2n) is 8.17. The van der Waals surface area contributed by atoms with E-state index < -0.39 is 0 Å². The van der Waals surface area contributed by atoms with Crippen molar-refractivity contribution in [2.75, 3.05) is 20.3 Å². The zero-order valence-electron chi connectivity index (χ0n) is 18.5. The molecule has 4 rings (SSSR count). The average Bonchev–Trinajstić information content (AvgIpc) is 3.32. The van der Waals surface area contributed by atoms with Crippen LogP contribution in [0, 0.1) is 0 Å². The number of hydrogen-bond acceptors (Lipinski definition) is 4. The van der Waals surface area contributed by atoms with E-state index in [9.17, 15) is 4.79 Å². The lowest BCUT2D eigenvalue weighted by Crippen LogP contribution is -2.44. The first-order valence-electron chi connectivity index (χ1n) is 11.0. The van der Waals surface area contributed by atoms with Crippen molar-refractivity contribution in [1.82, 2.24) is 15.2 Å². The van der Waals surface area contributed by atoms with Crippen LogP contribution in [0.15, 0.2) is 59.4 Å². The van der Waals surface area contributed by atoms with Gasteiger partial charge in [0, 0.05) is 29.6 Å². The number of H-pyrrole nitrogens is 1. The Bertz CT molecular complexity index is 1130. The number of methoxy groups -OCH3 is 1. The molecule has 32 heavy (non-hydrogen) atoms. The summed E-state index contributed by atoms with van der Waals surface area (Å²) in [4.78, 5) is 17.8. The number of nitrogens with one attached hydrogen (secondary N) is 2. The van der Waals surface area contributed by atoms with Crippen molar-refractivity contribution in [3.05, 3.63) is 76.1 Å². The molecule has 2 atom stereocenters. The highest BCUT2D eigenvalue weighted by molar-refractivity contribution is 7.80. The maximum absolute atomic E-state index is 12.8. The van der Waals surface area contributed by atoms with Gasteiger partial charge < -0.3 is 24.7 Å². The van der Waals surface area contributed by atoms with E-state index in [4.69, 9.17) is 21.7 Å². The molecule has 0 bridgehead atoms. The predicted octanol–water partition coefficient (Wildman–Crippen LogP) is 4.15. The number of fused-ring (bicyclic) bond motifs is 1. The van der Waals surface area contributed by atoms with Crippen LogP contribution in [0.3, 0.4) is 0 Å². The van der Waals surface area contributed by atoms with Crippen molar-refractivity contribution < 1.29 is 9.47 Å². The number of benzene rings is 2. The number of rotatable bonds is 7. The van der Waals surface area contributed by atoms with E-state index in [1.807, 2.05) is 47.4 Å². The van der Waals surface area contributed by atoms with E-state index in [1.54, 1.807) is 7.11 Å². The number of hydrogen-bond donors (Lipinski definition) is 2. The van der Waals surface area contributed by atoms with E-state index in [1.165, 1.54) is 0 Å². The Hall–Kier alpha value is -2.90. The van der Waals surface area contributed by atoms with Gasteiger partial charge in [-0.15, -0.1) is 0 Å². The van der Waals surface area contributed by atoms with E-state index in [0.717, 1.165) is 41.7 Å². The third-order valence-corrected chi connectivity index (χ3v) is 6.24. The van der Waals surface area contributed by atoms with Crippen molar-refractivity contribution >= 4 is 28.2 Å². The highest BCUT2D eigenvalue weighted by Gasteiger charge is 2.23. The average molecular weight is 452 g/mol. The van der Waals surface area contributed by atoms with Crippen LogP contribution in [0.2, 0.25) is 0 Å². The molecule has 2 aromatic carbocycles. The first-order valence-corrected chi connectivity index (χ1v) is 11.4. The molecule has 0 amide bonds. The van der Waals surface area contributed by atoms with Crippen molar-refractivity contribution in [2.24, 2.45) is 0 Å². The van der Waals surface area contributed by atoms with Crippen LogP contribution in [0.1, 0.15) is 36.9 Å². The zero-order valence-corrected chi connectivity index (χ0v) is 19.3. The highest BCUT2D eigenvalue weighted by Crippen LogP contribution is 2.21. The predicted molar refractivity (Wildman–Crippen MR) is 131 cm³/mol. The van der Waals surface area contributed by atoms with Crippen molar-refractivity contribution in [3.63, 3.8) is 0 Å². The van der Waals surface area contributed by atoms with Crippen molar-refractivity contribution in [1.29, 1.82) is 0 Å². The highest BCUT2D eigenvalue weighted by atomic mass is 32.1. The molecule has 1 aliphatic heterocycles. The number of ether oxygens (including phenoxy) is 2. The summed E-state index contributed by atoms with van der Waals surface area (Å²) >= 11 is 5.79. The maximum Gasteiger partial charge on any atom is 0.253 e. The fourth-order valence-electron chi connectivity index (χ4n) is 4.03. The van der Waals surface area contributed by atoms with Crippen LogP contribution in [0.5, 0.6) is 5.75 Å². The molecule has 1 saturated heterocycles. The largest absolute Gasteiger partial charge is 0.497 e. The molecule has 6 nitrogen and oxygen atoms in total. The Kier molecular flexibility index (Phi) is 7.07. The molecule has 1 fully saturated rings. The van der Waals surface area contributed by atoms with Crippen LogP contribution < -0.4 is 15.6 Å². The third kappa shape index (κ3) is 5.29.